The predicted octanol–water partition coefficient (Wildman–Crippen LogP) is 2.81. The quantitative estimate of drug-likeness (QED) is 0.665. The first kappa shape index (κ1) is 19.1. The van der Waals surface area contributed by atoms with Crippen molar-refractivity contribution in [2.75, 3.05) is 43.5 Å². The lowest BCUT2D eigenvalue weighted by molar-refractivity contribution is 0.249. The van der Waals surface area contributed by atoms with Crippen LogP contribution in [-0.2, 0) is 13.1 Å². The Morgan fingerprint density at radius 1 is 0.931 bits per heavy atom. The van der Waals surface area contributed by atoms with Gasteiger partial charge < -0.3 is 15.0 Å². The van der Waals surface area contributed by atoms with E-state index in [2.05, 4.69) is 60.6 Å². The van der Waals surface area contributed by atoms with Crippen molar-refractivity contribution in [2.24, 2.45) is 0 Å². The van der Waals surface area contributed by atoms with E-state index < -0.39 is 0 Å². The van der Waals surface area contributed by atoms with Crippen LogP contribution in [0.4, 0.5) is 11.8 Å². The fraction of sp³-hybridized carbons (Fsp3) is 0.318. The summed E-state index contributed by atoms with van der Waals surface area (Å²) in [5.41, 5.74) is 2.49. The van der Waals surface area contributed by atoms with E-state index >= 15 is 0 Å². The maximum atomic E-state index is 5.19. The molecule has 0 saturated carbocycles. The van der Waals surface area contributed by atoms with E-state index in [1.54, 1.807) is 13.3 Å². The van der Waals surface area contributed by atoms with Gasteiger partial charge in [0.1, 0.15) is 5.75 Å². The number of rotatable bonds is 7. The number of methoxy groups -OCH3 is 1. The van der Waals surface area contributed by atoms with Gasteiger partial charge in [-0.1, -0.05) is 42.5 Å². The molecule has 1 aliphatic rings. The number of nitrogens with zero attached hydrogens (tertiary/aromatic N) is 5. The van der Waals surface area contributed by atoms with Crippen LogP contribution in [0.5, 0.6) is 5.75 Å². The number of aromatic nitrogens is 3. The van der Waals surface area contributed by atoms with Crippen molar-refractivity contribution in [3.63, 3.8) is 0 Å². The number of anilines is 2. The molecule has 1 N–H and O–H groups in total. The first-order chi connectivity index (χ1) is 14.3. The lowest BCUT2D eigenvalue weighted by Gasteiger charge is -2.35. The van der Waals surface area contributed by atoms with Crippen LogP contribution in [0.25, 0.3) is 0 Å². The van der Waals surface area contributed by atoms with Crippen molar-refractivity contribution in [1.82, 2.24) is 20.1 Å². The zero-order chi connectivity index (χ0) is 19.9. The van der Waals surface area contributed by atoms with Crippen molar-refractivity contribution >= 4 is 11.8 Å². The molecule has 3 aromatic rings. The average molecular weight is 390 g/mol. The highest BCUT2D eigenvalue weighted by molar-refractivity contribution is 5.41. The Morgan fingerprint density at radius 3 is 2.41 bits per heavy atom. The number of hydrogen-bond donors (Lipinski definition) is 1. The van der Waals surface area contributed by atoms with Crippen molar-refractivity contribution < 1.29 is 4.74 Å². The van der Waals surface area contributed by atoms with Crippen LogP contribution in [0, 0.1) is 0 Å². The van der Waals surface area contributed by atoms with Gasteiger partial charge in [-0.05, 0) is 23.3 Å². The van der Waals surface area contributed by atoms with Crippen molar-refractivity contribution in [3.05, 3.63) is 71.9 Å². The van der Waals surface area contributed by atoms with Crippen LogP contribution in [0.2, 0.25) is 0 Å². The lowest BCUT2D eigenvalue weighted by Crippen LogP contribution is -2.46. The zero-order valence-electron chi connectivity index (χ0n) is 16.7. The van der Waals surface area contributed by atoms with E-state index in [1.165, 1.54) is 5.56 Å². The molecule has 0 amide bonds. The molecule has 7 heteroatoms. The predicted molar refractivity (Wildman–Crippen MR) is 114 cm³/mol. The maximum absolute atomic E-state index is 5.19. The molecule has 29 heavy (non-hydrogen) atoms. The van der Waals surface area contributed by atoms with Crippen LogP contribution in [0.1, 0.15) is 11.1 Å². The molecule has 1 aromatic heterocycles. The molecule has 1 fully saturated rings. The van der Waals surface area contributed by atoms with Gasteiger partial charge in [0.15, 0.2) is 5.82 Å². The van der Waals surface area contributed by atoms with E-state index in [-0.39, 0.29) is 0 Å². The van der Waals surface area contributed by atoms with Gasteiger partial charge in [0.25, 0.3) is 0 Å². The third-order valence-electron chi connectivity index (χ3n) is 5.10. The highest BCUT2D eigenvalue weighted by atomic mass is 16.5. The van der Waals surface area contributed by atoms with Gasteiger partial charge in [0.05, 0.1) is 13.3 Å². The monoisotopic (exact) mass is 390 g/mol. The first-order valence-electron chi connectivity index (χ1n) is 9.88. The molecule has 2 heterocycles. The molecular formula is C22H26N6O. The Morgan fingerprint density at radius 2 is 1.69 bits per heavy atom. The van der Waals surface area contributed by atoms with Crippen LogP contribution in [0.3, 0.4) is 0 Å². The summed E-state index contributed by atoms with van der Waals surface area (Å²) in [6.45, 7) is 5.51. The van der Waals surface area contributed by atoms with Crippen LogP contribution < -0.4 is 15.0 Å². The highest BCUT2D eigenvalue weighted by Gasteiger charge is 2.19. The van der Waals surface area contributed by atoms with E-state index in [0.717, 1.165) is 49.9 Å². The van der Waals surface area contributed by atoms with Gasteiger partial charge in [-0.25, -0.2) is 0 Å². The molecule has 7 nitrogen and oxygen atoms in total. The minimum Gasteiger partial charge on any atom is -0.497 e. The fourth-order valence-electron chi connectivity index (χ4n) is 3.42. The summed E-state index contributed by atoms with van der Waals surface area (Å²) >= 11 is 0. The summed E-state index contributed by atoms with van der Waals surface area (Å²) in [5, 5.41) is 11.5. The number of piperazine rings is 1. The second-order valence-corrected chi connectivity index (χ2v) is 7.09. The molecule has 1 saturated heterocycles. The molecule has 0 atom stereocenters. The third-order valence-corrected chi connectivity index (χ3v) is 5.10. The van der Waals surface area contributed by atoms with Gasteiger partial charge in [0, 0.05) is 39.3 Å². The SMILES string of the molecule is COc1ccc(CNc2nncc(N3CCN(Cc4ccccc4)CC3)n2)cc1. The summed E-state index contributed by atoms with van der Waals surface area (Å²) in [7, 11) is 1.67. The van der Waals surface area contributed by atoms with Crippen molar-refractivity contribution in [3.8, 4) is 5.75 Å². The van der Waals surface area contributed by atoms with E-state index in [1.807, 2.05) is 24.3 Å². The molecule has 1 aliphatic heterocycles. The molecule has 0 radical (unpaired) electrons. The minimum absolute atomic E-state index is 0.546. The normalized spacial score (nSPS) is 14.6. The summed E-state index contributed by atoms with van der Waals surface area (Å²) in [6.07, 6.45) is 1.74. The zero-order valence-corrected chi connectivity index (χ0v) is 16.7. The molecule has 0 bridgehead atoms. The van der Waals surface area contributed by atoms with Gasteiger partial charge in [-0.15, -0.1) is 5.10 Å². The Hall–Kier alpha value is -3.19. The molecule has 0 spiro atoms. The summed E-state index contributed by atoms with van der Waals surface area (Å²) in [6, 6.07) is 18.6. The number of ether oxygens (including phenoxy) is 1. The van der Waals surface area contributed by atoms with Crippen LogP contribution >= 0.6 is 0 Å². The Balaban J connectivity index is 1.30. The fourth-order valence-corrected chi connectivity index (χ4v) is 3.42. The maximum Gasteiger partial charge on any atom is 0.244 e. The molecule has 4 rings (SSSR count). The van der Waals surface area contributed by atoms with Gasteiger partial charge in [0.2, 0.25) is 5.95 Å². The largest absolute Gasteiger partial charge is 0.497 e. The number of nitrogens with one attached hydrogen (secondary N) is 1. The second kappa shape index (κ2) is 9.34. The Kier molecular flexibility index (Phi) is 6.16. The first-order valence-corrected chi connectivity index (χ1v) is 9.88. The summed E-state index contributed by atoms with van der Waals surface area (Å²) < 4.78 is 5.19. The molecule has 150 valence electrons. The van der Waals surface area contributed by atoms with Crippen LogP contribution in [-0.4, -0.2) is 53.4 Å². The average Bonchev–Trinajstić information content (AvgIpc) is 2.79. The number of hydrogen-bond acceptors (Lipinski definition) is 7. The highest BCUT2D eigenvalue weighted by Crippen LogP contribution is 2.16. The van der Waals surface area contributed by atoms with E-state index in [0.29, 0.717) is 12.5 Å². The molecule has 2 aromatic carbocycles. The van der Waals surface area contributed by atoms with Crippen molar-refractivity contribution in [2.45, 2.75) is 13.1 Å². The second-order valence-electron chi connectivity index (χ2n) is 7.09. The van der Waals surface area contributed by atoms with Gasteiger partial charge in [-0.3, -0.25) is 4.90 Å². The molecule has 0 unspecified atom stereocenters. The third kappa shape index (κ3) is 5.20. The molecule has 0 aliphatic carbocycles. The molecular weight excluding hydrogens is 364 g/mol. The Labute approximate surface area is 171 Å². The van der Waals surface area contributed by atoms with Gasteiger partial charge in [-0.2, -0.15) is 10.1 Å². The van der Waals surface area contributed by atoms with Gasteiger partial charge >= 0.3 is 0 Å². The van der Waals surface area contributed by atoms with Crippen molar-refractivity contribution in [1.29, 1.82) is 0 Å². The topological polar surface area (TPSA) is 66.4 Å². The smallest absolute Gasteiger partial charge is 0.244 e. The summed E-state index contributed by atoms with van der Waals surface area (Å²) in [4.78, 5) is 9.40. The van der Waals surface area contributed by atoms with E-state index in [4.69, 9.17) is 4.74 Å². The standard InChI is InChI=1S/C22H26N6O/c1-29-20-9-7-18(8-10-20)15-23-22-25-21(16-24-26-22)28-13-11-27(12-14-28)17-19-5-3-2-4-6-19/h2-10,16H,11-15,17H2,1H3,(H,23,25,26). The lowest BCUT2D eigenvalue weighted by atomic mass is 10.2. The van der Waals surface area contributed by atoms with Crippen LogP contribution in [0.15, 0.2) is 60.8 Å². The Bertz CT molecular complexity index is 895. The summed E-state index contributed by atoms with van der Waals surface area (Å²) in [5.74, 6) is 2.27. The number of benzene rings is 2. The minimum atomic E-state index is 0.546. The van der Waals surface area contributed by atoms with E-state index in [9.17, 15) is 0 Å².